The van der Waals surface area contributed by atoms with E-state index in [1.807, 2.05) is 45.9 Å². The number of nitrogens with one attached hydrogen (secondary N) is 1. The zero-order valence-electron chi connectivity index (χ0n) is 15.5. The van der Waals surface area contributed by atoms with Crippen molar-refractivity contribution in [3.8, 4) is 0 Å². The molecule has 2 heterocycles. The number of aromatic nitrogens is 1. The third-order valence-corrected chi connectivity index (χ3v) is 4.75. The van der Waals surface area contributed by atoms with Gasteiger partial charge in [-0.05, 0) is 44.0 Å². The van der Waals surface area contributed by atoms with Gasteiger partial charge in [0.1, 0.15) is 0 Å². The molecule has 3 rings (SSSR count). The fourth-order valence-electron chi connectivity index (χ4n) is 3.32. The predicted octanol–water partition coefficient (Wildman–Crippen LogP) is 3.49. The summed E-state index contributed by atoms with van der Waals surface area (Å²) in [6.45, 7) is 8.78. The van der Waals surface area contributed by atoms with Gasteiger partial charge in [-0.25, -0.2) is 0 Å². The third-order valence-electron chi connectivity index (χ3n) is 4.75. The summed E-state index contributed by atoms with van der Waals surface area (Å²) in [5.41, 5.74) is 3.24. The maximum atomic E-state index is 12.2. The van der Waals surface area contributed by atoms with Gasteiger partial charge in [0.2, 0.25) is 5.91 Å². The second kappa shape index (κ2) is 6.64. The van der Waals surface area contributed by atoms with Crippen LogP contribution in [0.1, 0.15) is 39.3 Å². The standard InChI is InChI=1S/C20H27N3O2/c1-13-10-18(23-9-5-6-15(23)12-24)16-8-7-14(11-17(16)21-13)22-19(25)20(2,3)4/h7-8,10-11,15,24H,5-6,9,12H2,1-4H3,(H,22,25). The first kappa shape index (κ1) is 17.7. The number of rotatable bonds is 3. The molecule has 1 fully saturated rings. The first-order valence-corrected chi connectivity index (χ1v) is 8.90. The van der Waals surface area contributed by atoms with Crippen LogP contribution in [0, 0.1) is 12.3 Å². The molecule has 25 heavy (non-hydrogen) atoms. The molecule has 1 aliphatic heterocycles. The van der Waals surface area contributed by atoms with Gasteiger partial charge in [-0.2, -0.15) is 0 Å². The molecule has 1 unspecified atom stereocenters. The average Bonchev–Trinajstić information content (AvgIpc) is 3.01. The number of aliphatic hydroxyl groups excluding tert-OH is 1. The summed E-state index contributed by atoms with van der Waals surface area (Å²) >= 11 is 0. The number of anilines is 2. The Hall–Kier alpha value is -2.14. The minimum Gasteiger partial charge on any atom is -0.394 e. The van der Waals surface area contributed by atoms with Crippen LogP contribution >= 0.6 is 0 Å². The van der Waals surface area contributed by atoms with E-state index in [1.54, 1.807) is 0 Å². The van der Waals surface area contributed by atoms with Gasteiger partial charge >= 0.3 is 0 Å². The Labute approximate surface area is 149 Å². The molecule has 134 valence electrons. The molecule has 0 saturated carbocycles. The van der Waals surface area contributed by atoms with Crippen molar-refractivity contribution in [1.29, 1.82) is 0 Å². The normalized spacial score (nSPS) is 18.0. The highest BCUT2D eigenvalue weighted by molar-refractivity contribution is 5.99. The van der Waals surface area contributed by atoms with E-state index in [4.69, 9.17) is 0 Å². The van der Waals surface area contributed by atoms with E-state index in [0.717, 1.165) is 47.4 Å². The largest absolute Gasteiger partial charge is 0.394 e. The van der Waals surface area contributed by atoms with Crippen molar-refractivity contribution in [3.05, 3.63) is 30.0 Å². The summed E-state index contributed by atoms with van der Waals surface area (Å²) in [6, 6.07) is 8.13. The number of carbonyl (C=O) groups excluding carboxylic acids is 1. The number of aryl methyl sites for hydroxylation is 1. The van der Waals surface area contributed by atoms with Gasteiger partial charge in [-0.1, -0.05) is 20.8 Å². The van der Waals surface area contributed by atoms with E-state index >= 15 is 0 Å². The molecule has 0 spiro atoms. The summed E-state index contributed by atoms with van der Waals surface area (Å²) in [4.78, 5) is 19.2. The van der Waals surface area contributed by atoms with Crippen LogP contribution < -0.4 is 10.2 Å². The van der Waals surface area contributed by atoms with Crippen LogP contribution in [-0.2, 0) is 4.79 Å². The second-order valence-corrected chi connectivity index (χ2v) is 7.89. The van der Waals surface area contributed by atoms with Crippen molar-refractivity contribution in [2.75, 3.05) is 23.4 Å². The van der Waals surface area contributed by atoms with Crippen molar-refractivity contribution in [1.82, 2.24) is 4.98 Å². The van der Waals surface area contributed by atoms with Crippen LogP contribution in [0.4, 0.5) is 11.4 Å². The van der Waals surface area contributed by atoms with Crippen LogP contribution in [-0.4, -0.2) is 35.2 Å². The molecular weight excluding hydrogens is 314 g/mol. The number of hydrogen-bond acceptors (Lipinski definition) is 4. The quantitative estimate of drug-likeness (QED) is 0.897. The van der Waals surface area contributed by atoms with Gasteiger partial charge in [-0.3, -0.25) is 9.78 Å². The second-order valence-electron chi connectivity index (χ2n) is 7.89. The van der Waals surface area contributed by atoms with Crippen LogP contribution in [0.15, 0.2) is 24.3 Å². The molecule has 1 aromatic carbocycles. The van der Waals surface area contributed by atoms with Crippen molar-refractivity contribution < 1.29 is 9.90 Å². The zero-order valence-corrected chi connectivity index (χ0v) is 15.5. The van der Waals surface area contributed by atoms with Gasteiger partial charge in [0, 0.05) is 34.4 Å². The summed E-state index contributed by atoms with van der Waals surface area (Å²) in [5, 5.41) is 13.7. The smallest absolute Gasteiger partial charge is 0.229 e. The Morgan fingerprint density at radius 1 is 1.36 bits per heavy atom. The van der Waals surface area contributed by atoms with E-state index in [2.05, 4.69) is 21.3 Å². The van der Waals surface area contributed by atoms with Gasteiger partial charge in [0.15, 0.2) is 0 Å². The van der Waals surface area contributed by atoms with Crippen LogP contribution in [0.25, 0.3) is 10.9 Å². The maximum Gasteiger partial charge on any atom is 0.229 e. The van der Waals surface area contributed by atoms with Crippen molar-refractivity contribution in [2.24, 2.45) is 5.41 Å². The molecular formula is C20H27N3O2. The summed E-state index contributed by atoms with van der Waals surface area (Å²) in [7, 11) is 0. The summed E-state index contributed by atoms with van der Waals surface area (Å²) in [5.74, 6) is -0.0142. The van der Waals surface area contributed by atoms with E-state index < -0.39 is 5.41 Å². The lowest BCUT2D eigenvalue weighted by Gasteiger charge is -2.27. The number of fused-ring (bicyclic) bond motifs is 1. The van der Waals surface area contributed by atoms with E-state index in [9.17, 15) is 9.90 Å². The molecule has 1 saturated heterocycles. The third kappa shape index (κ3) is 3.61. The Morgan fingerprint density at radius 2 is 2.12 bits per heavy atom. The first-order valence-electron chi connectivity index (χ1n) is 8.90. The number of pyridine rings is 1. The molecule has 2 aromatic rings. The Kier molecular flexibility index (Phi) is 4.69. The maximum absolute atomic E-state index is 12.2. The number of amides is 1. The van der Waals surface area contributed by atoms with Crippen molar-refractivity contribution in [2.45, 2.75) is 46.6 Å². The lowest BCUT2D eigenvalue weighted by atomic mass is 9.95. The Morgan fingerprint density at radius 3 is 2.80 bits per heavy atom. The SMILES string of the molecule is Cc1cc(N2CCCC2CO)c2ccc(NC(=O)C(C)(C)C)cc2n1. The Bertz CT molecular complexity index is 795. The number of carbonyl (C=O) groups is 1. The minimum atomic E-state index is -0.440. The molecule has 0 bridgehead atoms. The fourth-order valence-corrected chi connectivity index (χ4v) is 3.32. The highest BCUT2D eigenvalue weighted by Gasteiger charge is 2.26. The zero-order chi connectivity index (χ0) is 18.2. The first-order chi connectivity index (χ1) is 11.8. The van der Waals surface area contributed by atoms with Gasteiger partial charge in [-0.15, -0.1) is 0 Å². The molecule has 1 atom stereocenters. The number of benzene rings is 1. The van der Waals surface area contributed by atoms with Crippen molar-refractivity contribution in [3.63, 3.8) is 0 Å². The Balaban J connectivity index is 2.00. The van der Waals surface area contributed by atoms with Crippen LogP contribution in [0.3, 0.4) is 0 Å². The average molecular weight is 341 g/mol. The number of hydrogen-bond donors (Lipinski definition) is 2. The van der Waals surface area contributed by atoms with Crippen LogP contribution in [0.5, 0.6) is 0 Å². The van der Waals surface area contributed by atoms with Crippen molar-refractivity contribution >= 4 is 28.2 Å². The van der Waals surface area contributed by atoms with E-state index in [1.165, 1.54) is 0 Å². The lowest BCUT2D eigenvalue weighted by Crippen LogP contribution is -2.32. The predicted molar refractivity (Wildman–Crippen MR) is 102 cm³/mol. The summed E-state index contributed by atoms with van der Waals surface area (Å²) in [6.07, 6.45) is 2.10. The molecule has 5 nitrogen and oxygen atoms in total. The summed E-state index contributed by atoms with van der Waals surface area (Å²) < 4.78 is 0. The van der Waals surface area contributed by atoms with Gasteiger partial charge in [0.25, 0.3) is 0 Å². The van der Waals surface area contributed by atoms with Gasteiger partial charge in [0.05, 0.1) is 18.2 Å². The molecule has 2 N–H and O–H groups in total. The molecule has 0 aliphatic carbocycles. The monoisotopic (exact) mass is 341 g/mol. The molecule has 0 radical (unpaired) electrons. The molecule has 1 amide bonds. The minimum absolute atomic E-state index is 0.0142. The number of aliphatic hydroxyl groups is 1. The van der Waals surface area contributed by atoms with E-state index in [0.29, 0.717) is 0 Å². The van der Waals surface area contributed by atoms with E-state index in [-0.39, 0.29) is 18.6 Å². The topological polar surface area (TPSA) is 65.5 Å². The molecule has 5 heteroatoms. The molecule has 1 aromatic heterocycles. The fraction of sp³-hybridized carbons (Fsp3) is 0.500. The van der Waals surface area contributed by atoms with Crippen LogP contribution in [0.2, 0.25) is 0 Å². The molecule has 1 aliphatic rings. The highest BCUT2D eigenvalue weighted by atomic mass is 16.3. The van der Waals surface area contributed by atoms with Gasteiger partial charge < -0.3 is 15.3 Å². The highest BCUT2D eigenvalue weighted by Crippen LogP contribution is 2.33. The lowest BCUT2D eigenvalue weighted by molar-refractivity contribution is -0.123. The number of nitrogens with zero attached hydrogens (tertiary/aromatic N) is 2.